The molecule has 0 heterocycles. The number of guanidine groups is 1. The van der Waals surface area contributed by atoms with E-state index in [-0.39, 0.29) is 11.2 Å². The van der Waals surface area contributed by atoms with Gasteiger partial charge in [-0.1, -0.05) is 12.8 Å². The van der Waals surface area contributed by atoms with Crippen LogP contribution >= 0.6 is 0 Å². The van der Waals surface area contributed by atoms with E-state index in [1.807, 2.05) is 0 Å². The van der Waals surface area contributed by atoms with Gasteiger partial charge in [0.15, 0.2) is 5.96 Å². The first-order chi connectivity index (χ1) is 12.1. The summed E-state index contributed by atoms with van der Waals surface area (Å²) in [5.74, 6) is -0.101. The molecule has 1 aromatic carbocycles. The Morgan fingerprint density at radius 3 is 2.68 bits per heavy atom. The number of halogens is 2. The Bertz CT molecular complexity index is 572. The van der Waals surface area contributed by atoms with Crippen LogP contribution in [0.15, 0.2) is 23.2 Å². The average molecular weight is 353 g/mol. The first-order valence-corrected chi connectivity index (χ1v) is 8.96. The van der Waals surface area contributed by atoms with Crippen molar-refractivity contribution in [2.45, 2.75) is 38.5 Å². The van der Waals surface area contributed by atoms with Gasteiger partial charge in [-0.05, 0) is 54.9 Å². The van der Waals surface area contributed by atoms with Gasteiger partial charge in [0.1, 0.15) is 11.6 Å². The molecule has 0 radical (unpaired) electrons. The van der Waals surface area contributed by atoms with Gasteiger partial charge in [-0.15, -0.1) is 0 Å². The zero-order valence-corrected chi connectivity index (χ0v) is 15.2. The second-order valence-electron chi connectivity index (χ2n) is 6.79. The maximum atomic E-state index is 13.6. The number of aliphatic imine (C=N–C) groups is 1. The van der Waals surface area contributed by atoms with E-state index >= 15 is 0 Å². The second-order valence-corrected chi connectivity index (χ2v) is 6.79. The molecule has 1 saturated carbocycles. The second kappa shape index (κ2) is 9.70. The average Bonchev–Trinajstić information content (AvgIpc) is 3.08. The van der Waals surface area contributed by atoms with E-state index in [2.05, 4.69) is 15.6 Å². The topological polar surface area (TPSA) is 45.7 Å². The maximum Gasteiger partial charge on any atom is 0.191 e. The summed E-state index contributed by atoms with van der Waals surface area (Å²) in [5.41, 5.74) is 0.637. The smallest absolute Gasteiger partial charge is 0.191 e. The molecule has 0 aromatic heterocycles. The highest BCUT2D eigenvalue weighted by Crippen LogP contribution is 2.40. The molecular formula is C19H29F2N3O. The van der Waals surface area contributed by atoms with Gasteiger partial charge < -0.3 is 15.4 Å². The predicted molar refractivity (Wildman–Crippen MR) is 96.8 cm³/mol. The Labute approximate surface area is 149 Å². The normalized spacial score (nSPS) is 16.9. The summed E-state index contributed by atoms with van der Waals surface area (Å²) < 4.78 is 32.1. The van der Waals surface area contributed by atoms with Crippen LogP contribution in [0.25, 0.3) is 0 Å². The van der Waals surface area contributed by atoms with Crippen molar-refractivity contribution in [2.75, 3.05) is 33.9 Å². The van der Waals surface area contributed by atoms with Crippen molar-refractivity contribution in [3.05, 3.63) is 35.4 Å². The standard InChI is InChI=1S/C19H29F2N3O/c1-22-18(23-11-7-15-13-16(20)5-6-17(15)21)24-14-19(10-12-25-2)8-3-4-9-19/h5-6,13H,3-4,7-12,14H2,1-2H3,(H2,22,23,24). The van der Waals surface area contributed by atoms with Crippen LogP contribution in [-0.4, -0.2) is 39.8 Å². The quantitative estimate of drug-likeness (QED) is 0.557. The Kier molecular flexibility index (Phi) is 7.62. The van der Waals surface area contributed by atoms with E-state index in [0.29, 0.717) is 24.5 Å². The molecule has 0 bridgehead atoms. The van der Waals surface area contributed by atoms with Gasteiger partial charge in [-0.2, -0.15) is 0 Å². The molecule has 0 spiro atoms. The van der Waals surface area contributed by atoms with Crippen molar-refractivity contribution >= 4 is 5.96 Å². The van der Waals surface area contributed by atoms with Crippen LogP contribution in [0.4, 0.5) is 8.78 Å². The number of hydrogen-bond acceptors (Lipinski definition) is 2. The Morgan fingerprint density at radius 2 is 2.00 bits per heavy atom. The van der Waals surface area contributed by atoms with Crippen LogP contribution in [0.5, 0.6) is 0 Å². The molecule has 2 N–H and O–H groups in total. The SMILES string of the molecule is CN=C(NCCc1cc(F)ccc1F)NCC1(CCOC)CCCC1. The van der Waals surface area contributed by atoms with Crippen LogP contribution < -0.4 is 10.6 Å². The van der Waals surface area contributed by atoms with Crippen molar-refractivity contribution in [2.24, 2.45) is 10.4 Å². The largest absolute Gasteiger partial charge is 0.385 e. The van der Waals surface area contributed by atoms with E-state index in [0.717, 1.165) is 31.7 Å². The molecule has 2 rings (SSSR count). The summed E-state index contributed by atoms with van der Waals surface area (Å²) in [5, 5.41) is 6.57. The summed E-state index contributed by atoms with van der Waals surface area (Å²) in [6.07, 6.45) is 6.37. The van der Waals surface area contributed by atoms with Crippen molar-refractivity contribution in [1.82, 2.24) is 10.6 Å². The summed E-state index contributed by atoms with van der Waals surface area (Å²) in [7, 11) is 3.46. The van der Waals surface area contributed by atoms with E-state index < -0.39 is 5.82 Å². The van der Waals surface area contributed by atoms with Crippen LogP contribution in [0.3, 0.4) is 0 Å². The molecule has 1 aromatic rings. The molecule has 0 amide bonds. The zero-order valence-electron chi connectivity index (χ0n) is 15.2. The molecule has 140 valence electrons. The Hall–Kier alpha value is -1.69. The minimum atomic E-state index is -0.416. The van der Waals surface area contributed by atoms with Crippen LogP contribution in [0, 0.1) is 17.0 Å². The van der Waals surface area contributed by atoms with E-state index in [1.54, 1.807) is 14.2 Å². The zero-order chi connectivity index (χ0) is 18.1. The van der Waals surface area contributed by atoms with Gasteiger partial charge in [0.25, 0.3) is 0 Å². The predicted octanol–water partition coefficient (Wildman–Crippen LogP) is 3.27. The van der Waals surface area contributed by atoms with Crippen LogP contribution in [-0.2, 0) is 11.2 Å². The first-order valence-electron chi connectivity index (χ1n) is 8.96. The monoisotopic (exact) mass is 353 g/mol. The Balaban J connectivity index is 1.81. The third kappa shape index (κ3) is 5.96. The number of rotatable bonds is 8. The van der Waals surface area contributed by atoms with E-state index in [1.165, 1.54) is 31.7 Å². The van der Waals surface area contributed by atoms with Gasteiger partial charge >= 0.3 is 0 Å². The molecule has 6 heteroatoms. The number of benzene rings is 1. The lowest BCUT2D eigenvalue weighted by atomic mass is 9.83. The number of hydrogen-bond donors (Lipinski definition) is 2. The number of methoxy groups -OCH3 is 1. The van der Waals surface area contributed by atoms with Gasteiger partial charge in [0, 0.05) is 33.9 Å². The lowest BCUT2D eigenvalue weighted by Gasteiger charge is -2.30. The fourth-order valence-electron chi connectivity index (χ4n) is 3.50. The minimum Gasteiger partial charge on any atom is -0.385 e. The molecule has 0 saturated heterocycles. The van der Waals surface area contributed by atoms with Crippen molar-refractivity contribution in [3.8, 4) is 0 Å². The first kappa shape index (κ1) is 19.6. The lowest BCUT2D eigenvalue weighted by molar-refractivity contribution is 0.138. The molecule has 1 aliphatic carbocycles. The molecule has 0 unspecified atom stereocenters. The number of ether oxygens (including phenoxy) is 1. The fraction of sp³-hybridized carbons (Fsp3) is 0.632. The molecule has 1 aliphatic rings. The summed E-state index contributed by atoms with van der Waals surface area (Å²) in [6.45, 7) is 2.11. The number of nitrogens with one attached hydrogen (secondary N) is 2. The van der Waals surface area contributed by atoms with E-state index in [9.17, 15) is 8.78 Å². The van der Waals surface area contributed by atoms with Crippen LogP contribution in [0.2, 0.25) is 0 Å². The fourth-order valence-corrected chi connectivity index (χ4v) is 3.50. The van der Waals surface area contributed by atoms with Gasteiger partial charge in [0.05, 0.1) is 0 Å². The third-order valence-corrected chi connectivity index (χ3v) is 5.05. The molecule has 1 fully saturated rings. The van der Waals surface area contributed by atoms with Gasteiger partial charge in [-0.25, -0.2) is 8.78 Å². The molecule has 4 nitrogen and oxygen atoms in total. The summed E-state index contributed by atoms with van der Waals surface area (Å²) in [4.78, 5) is 4.23. The lowest BCUT2D eigenvalue weighted by Crippen LogP contribution is -2.44. The highest BCUT2D eigenvalue weighted by atomic mass is 19.1. The molecule has 0 aliphatic heterocycles. The van der Waals surface area contributed by atoms with Gasteiger partial charge in [0.2, 0.25) is 0 Å². The molecule has 25 heavy (non-hydrogen) atoms. The Morgan fingerprint density at radius 1 is 1.24 bits per heavy atom. The van der Waals surface area contributed by atoms with Crippen molar-refractivity contribution in [3.63, 3.8) is 0 Å². The molecular weight excluding hydrogens is 324 g/mol. The highest BCUT2D eigenvalue weighted by Gasteiger charge is 2.33. The maximum absolute atomic E-state index is 13.6. The minimum absolute atomic E-state index is 0.266. The van der Waals surface area contributed by atoms with E-state index in [4.69, 9.17) is 4.74 Å². The van der Waals surface area contributed by atoms with Gasteiger partial charge in [-0.3, -0.25) is 4.99 Å². The van der Waals surface area contributed by atoms with Crippen molar-refractivity contribution in [1.29, 1.82) is 0 Å². The summed E-state index contributed by atoms with van der Waals surface area (Å²) in [6, 6.07) is 3.54. The number of nitrogens with zero attached hydrogens (tertiary/aromatic N) is 1. The highest BCUT2D eigenvalue weighted by molar-refractivity contribution is 5.79. The van der Waals surface area contributed by atoms with Crippen molar-refractivity contribution < 1.29 is 13.5 Å². The molecule has 0 atom stereocenters. The summed E-state index contributed by atoms with van der Waals surface area (Å²) >= 11 is 0. The third-order valence-electron chi connectivity index (χ3n) is 5.05. The van der Waals surface area contributed by atoms with Crippen LogP contribution in [0.1, 0.15) is 37.7 Å².